The summed E-state index contributed by atoms with van der Waals surface area (Å²) < 4.78 is 16.5. The summed E-state index contributed by atoms with van der Waals surface area (Å²) in [5.74, 6) is 0.274. The highest BCUT2D eigenvalue weighted by Gasteiger charge is 2.15. The summed E-state index contributed by atoms with van der Waals surface area (Å²) in [4.78, 5) is 4.53. The highest BCUT2D eigenvalue weighted by molar-refractivity contribution is 7.26. The molecule has 0 aliphatic heterocycles. The van der Waals surface area contributed by atoms with Crippen LogP contribution in [-0.4, -0.2) is 4.98 Å². The summed E-state index contributed by atoms with van der Waals surface area (Å²) in [6, 6.07) is 15.5. The third kappa shape index (κ3) is 2.32. The van der Waals surface area contributed by atoms with E-state index in [0.29, 0.717) is 11.3 Å². The van der Waals surface area contributed by atoms with Crippen LogP contribution in [0.3, 0.4) is 0 Å². The summed E-state index contributed by atoms with van der Waals surface area (Å²) in [7, 11) is 0. The lowest BCUT2D eigenvalue weighted by Gasteiger charge is -2.08. The molecule has 0 atom stereocenters. The molecule has 0 N–H and O–H groups in total. The molecule has 0 aliphatic rings. The van der Waals surface area contributed by atoms with Crippen LogP contribution in [-0.2, 0) is 0 Å². The van der Waals surface area contributed by atoms with Gasteiger partial charge in [0, 0.05) is 31.9 Å². The van der Waals surface area contributed by atoms with E-state index in [1.54, 1.807) is 17.4 Å². The predicted octanol–water partition coefficient (Wildman–Crippen LogP) is 6.38. The van der Waals surface area contributed by atoms with Crippen molar-refractivity contribution in [2.24, 2.45) is 0 Å². The van der Waals surface area contributed by atoms with Crippen molar-refractivity contribution in [1.29, 1.82) is 0 Å². The lowest BCUT2D eigenvalue weighted by molar-refractivity contribution is 0.641. The number of hydrogen-bond donors (Lipinski definition) is 0. The zero-order valence-corrected chi connectivity index (χ0v) is 13.8. The molecule has 2 aromatic carbocycles. The van der Waals surface area contributed by atoms with Crippen LogP contribution in [0.15, 0.2) is 54.7 Å². The van der Waals surface area contributed by atoms with Gasteiger partial charge in [0.2, 0.25) is 0 Å². The van der Waals surface area contributed by atoms with Gasteiger partial charge in [-0.05, 0) is 41.8 Å². The van der Waals surface area contributed by atoms with E-state index in [0.717, 1.165) is 26.0 Å². The Labute approximate surface area is 138 Å². The molecule has 0 bridgehead atoms. The maximum absolute atomic E-state index is 14.4. The van der Waals surface area contributed by atoms with Crippen molar-refractivity contribution in [2.45, 2.75) is 19.8 Å². The van der Waals surface area contributed by atoms with Crippen LogP contribution in [0, 0.1) is 5.82 Å². The lowest BCUT2D eigenvalue weighted by Crippen LogP contribution is -1.91. The Balaban J connectivity index is 2.05. The number of nitrogens with zero attached hydrogens (tertiary/aromatic N) is 1. The third-order valence-corrected chi connectivity index (χ3v) is 5.41. The maximum Gasteiger partial charge on any atom is 0.132 e. The normalized spacial score (nSPS) is 11.7. The van der Waals surface area contributed by atoms with Crippen molar-refractivity contribution in [1.82, 2.24) is 4.98 Å². The number of halogens is 1. The first kappa shape index (κ1) is 14.3. The van der Waals surface area contributed by atoms with Crippen molar-refractivity contribution in [2.75, 3.05) is 0 Å². The Morgan fingerprint density at radius 3 is 2.70 bits per heavy atom. The van der Waals surface area contributed by atoms with Gasteiger partial charge in [0.25, 0.3) is 0 Å². The highest BCUT2D eigenvalue weighted by Crippen LogP contribution is 2.40. The van der Waals surface area contributed by atoms with Gasteiger partial charge in [-0.1, -0.05) is 32.0 Å². The summed E-state index contributed by atoms with van der Waals surface area (Å²) in [6.45, 7) is 4.33. The number of thiophene rings is 1. The van der Waals surface area contributed by atoms with Crippen molar-refractivity contribution < 1.29 is 4.39 Å². The second kappa shape index (κ2) is 5.43. The molecule has 114 valence electrons. The van der Waals surface area contributed by atoms with Gasteiger partial charge in [0.1, 0.15) is 5.82 Å². The third-order valence-electron chi connectivity index (χ3n) is 4.20. The Bertz CT molecular complexity index is 1020. The number of hydrogen-bond acceptors (Lipinski definition) is 2. The highest BCUT2D eigenvalue weighted by atomic mass is 32.1. The van der Waals surface area contributed by atoms with Gasteiger partial charge in [-0.3, -0.25) is 4.98 Å². The van der Waals surface area contributed by atoms with Crippen molar-refractivity contribution in [3.63, 3.8) is 0 Å². The van der Waals surface area contributed by atoms with Gasteiger partial charge in [-0.15, -0.1) is 11.3 Å². The zero-order chi connectivity index (χ0) is 16.0. The molecule has 0 saturated carbocycles. The van der Waals surface area contributed by atoms with Crippen LogP contribution in [0.5, 0.6) is 0 Å². The first-order valence-corrected chi connectivity index (χ1v) is 8.53. The van der Waals surface area contributed by atoms with E-state index in [-0.39, 0.29) is 5.82 Å². The van der Waals surface area contributed by atoms with Gasteiger partial charge in [-0.2, -0.15) is 0 Å². The smallest absolute Gasteiger partial charge is 0.132 e. The second-order valence-electron chi connectivity index (χ2n) is 6.03. The minimum atomic E-state index is -0.166. The molecule has 0 amide bonds. The van der Waals surface area contributed by atoms with E-state index in [2.05, 4.69) is 24.9 Å². The van der Waals surface area contributed by atoms with E-state index in [4.69, 9.17) is 0 Å². The van der Waals surface area contributed by atoms with E-state index in [9.17, 15) is 4.39 Å². The van der Waals surface area contributed by atoms with Gasteiger partial charge in [0.15, 0.2) is 0 Å². The quantitative estimate of drug-likeness (QED) is 0.417. The first-order valence-electron chi connectivity index (χ1n) is 7.71. The number of pyridine rings is 1. The van der Waals surface area contributed by atoms with Gasteiger partial charge in [-0.25, -0.2) is 4.39 Å². The van der Waals surface area contributed by atoms with Crippen molar-refractivity contribution >= 4 is 31.5 Å². The van der Waals surface area contributed by atoms with E-state index in [1.165, 1.54) is 5.56 Å². The monoisotopic (exact) mass is 321 g/mol. The fourth-order valence-corrected chi connectivity index (χ4v) is 4.18. The fraction of sp³-hybridized carbons (Fsp3) is 0.150. The molecular formula is C20H16FNS. The van der Waals surface area contributed by atoms with Crippen molar-refractivity contribution in [3.8, 4) is 11.3 Å². The maximum atomic E-state index is 14.4. The average molecular weight is 321 g/mol. The second-order valence-corrected chi connectivity index (χ2v) is 7.08. The number of fused-ring (bicyclic) bond motifs is 3. The van der Waals surface area contributed by atoms with Crippen LogP contribution < -0.4 is 0 Å². The van der Waals surface area contributed by atoms with Crippen LogP contribution in [0.4, 0.5) is 4.39 Å². The predicted molar refractivity (Wildman–Crippen MR) is 96.6 cm³/mol. The molecule has 0 unspecified atom stereocenters. The minimum absolute atomic E-state index is 0.166. The van der Waals surface area contributed by atoms with Crippen molar-refractivity contribution in [3.05, 3.63) is 66.1 Å². The molecule has 4 aromatic rings. The summed E-state index contributed by atoms with van der Waals surface area (Å²) >= 11 is 1.63. The number of benzene rings is 2. The van der Waals surface area contributed by atoms with Crippen LogP contribution in [0.25, 0.3) is 31.4 Å². The minimum Gasteiger partial charge on any atom is -0.256 e. The van der Waals surface area contributed by atoms with Gasteiger partial charge >= 0.3 is 0 Å². The molecule has 0 radical (unpaired) electrons. The standard InChI is InChI=1S/C20H16FNS/c1-12(2)13-9-10-22-17(11-13)14-7-8-16(21)19-15-5-3-4-6-18(15)23-20(14)19/h3-12H,1-2H3. The summed E-state index contributed by atoms with van der Waals surface area (Å²) in [6.07, 6.45) is 1.84. The molecule has 2 heterocycles. The van der Waals surface area contributed by atoms with E-state index in [1.807, 2.05) is 42.6 Å². The molecule has 23 heavy (non-hydrogen) atoms. The molecule has 0 saturated heterocycles. The molecule has 4 rings (SSSR count). The number of aromatic nitrogens is 1. The van der Waals surface area contributed by atoms with E-state index < -0.39 is 0 Å². The molecule has 2 aromatic heterocycles. The van der Waals surface area contributed by atoms with Gasteiger partial charge in [0.05, 0.1) is 5.69 Å². The molecule has 3 heteroatoms. The Kier molecular flexibility index (Phi) is 3.38. The zero-order valence-electron chi connectivity index (χ0n) is 13.0. The van der Waals surface area contributed by atoms with E-state index >= 15 is 0 Å². The summed E-state index contributed by atoms with van der Waals surface area (Å²) in [5.41, 5.74) is 3.16. The molecule has 1 nitrogen and oxygen atoms in total. The average Bonchev–Trinajstić information content (AvgIpc) is 2.95. The van der Waals surface area contributed by atoms with Crippen LogP contribution in [0.2, 0.25) is 0 Å². The summed E-state index contributed by atoms with van der Waals surface area (Å²) in [5, 5.41) is 1.69. The number of rotatable bonds is 2. The fourth-order valence-electron chi connectivity index (χ4n) is 2.94. The van der Waals surface area contributed by atoms with Crippen LogP contribution >= 0.6 is 11.3 Å². The largest absolute Gasteiger partial charge is 0.256 e. The Morgan fingerprint density at radius 2 is 1.87 bits per heavy atom. The van der Waals surface area contributed by atoms with Gasteiger partial charge < -0.3 is 0 Å². The molecular weight excluding hydrogens is 305 g/mol. The Hall–Kier alpha value is -2.26. The molecule has 0 fully saturated rings. The molecule has 0 spiro atoms. The molecule has 0 aliphatic carbocycles. The Morgan fingerprint density at radius 1 is 1.04 bits per heavy atom. The van der Waals surface area contributed by atoms with Crippen LogP contribution in [0.1, 0.15) is 25.3 Å². The first-order chi connectivity index (χ1) is 11.1. The topological polar surface area (TPSA) is 12.9 Å². The lowest BCUT2D eigenvalue weighted by atomic mass is 10.0. The SMILES string of the molecule is CC(C)c1ccnc(-c2ccc(F)c3c2sc2ccccc23)c1.